The van der Waals surface area contributed by atoms with Gasteiger partial charge in [-0.3, -0.25) is 4.79 Å². The van der Waals surface area contributed by atoms with E-state index >= 15 is 0 Å². The Labute approximate surface area is 202 Å². The summed E-state index contributed by atoms with van der Waals surface area (Å²) < 4.78 is 12.2. The molecule has 0 aliphatic rings. The normalized spacial score (nSPS) is 11.0. The molecule has 0 spiro atoms. The number of anilines is 1. The number of nitrogens with zero attached hydrogens (tertiary/aromatic N) is 1. The number of rotatable bonds is 7. The Balaban J connectivity index is 1.84. The molecule has 0 fully saturated rings. The highest BCUT2D eigenvalue weighted by molar-refractivity contribution is 9.10. The Hall–Kier alpha value is -3.56. The van der Waals surface area contributed by atoms with E-state index in [9.17, 15) is 10.1 Å². The molecule has 0 atom stereocenters. The van der Waals surface area contributed by atoms with Crippen molar-refractivity contribution in [3.8, 4) is 17.6 Å². The molecule has 0 heterocycles. The van der Waals surface area contributed by atoms with Crippen LogP contribution in [0.5, 0.6) is 11.5 Å². The summed E-state index contributed by atoms with van der Waals surface area (Å²) in [4.78, 5) is 12.7. The minimum absolute atomic E-state index is 0.0155. The standard InChI is InChI=1S/C27H25BrN2O3/c1-17-7-5-9-20(11-17)16-33-26-23(28)13-21(14-25(26)32-4)12-22(15-29)27(31)30-24-10-6-8-18(2)19(24)3/h5-14H,16H2,1-4H3,(H,30,31)/b22-12+. The molecule has 3 aromatic carbocycles. The summed E-state index contributed by atoms with van der Waals surface area (Å²) in [5.41, 5.74) is 5.52. The molecule has 0 unspecified atom stereocenters. The van der Waals surface area contributed by atoms with Gasteiger partial charge in [0, 0.05) is 5.69 Å². The smallest absolute Gasteiger partial charge is 0.266 e. The summed E-state index contributed by atoms with van der Waals surface area (Å²) in [7, 11) is 1.55. The molecular formula is C27H25BrN2O3. The van der Waals surface area contributed by atoms with Crippen LogP contribution in [0.3, 0.4) is 0 Å². The van der Waals surface area contributed by atoms with Gasteiger partial charge in [0.1, 0.15) is 18.2 Å². The van der Waals surface area contributed by atoms with Crippen LogP contribution in [-0.4, -0.2) is 13.0 Å². The summed E-state index contributed by atoms with van der Waals surface area (Å²) in [6, 6.07) is 19.2. The predicted molar refractivity (Wildman–Crippen MR) is 134 cm³/mol. The first-order chi connectivity index (χ1) is 15.8. The molecule has 168 valence electrons. The van der Waals surface area contributed by atoms with Crippen molar-refractivity contribution in [2.75, 3.05) is 12.4 Å². The minimum atomic E-state index is -0.471. The second-order valence-corrected chi connectivity index (χ2v) is 8.54. The molecular weight excluding hydrogens is 480 g/mol. The van der Waals surface area contributed by atoms with E-state index in [1.165, 1.54) is 6.08 Å². The number of methoxy groups -OCH3 is 1. The molecule has 3 aromatic rings. The Bertz CT molecular complexity index is 1260. The Morgan fingerprint density at radius 1 is 1.12 bits per heavy atom. The second kappa shape index (κ2) is 10.8. The van der Waals surface area contributed by atoms with E-state index in [-0.39, 0.29) is 5.57 Å². The van der Waals surface area contributed by atoms with Crippen molar-refractivity contribution in [2.45, 2.75) is 27.4 Å². The predicted octanol–water partition coefficient (Wildman–Crippen LogP) is 6.51. The van der Waals surface area contributed by atoms with Gasteiger partial charge in [0.15, 0.2) is 11.5 Å². The van der Waals surface area contributed by atoms with Crippen LogP contribution in [0.4, 0.5) is 5.69 Å². The number of aryl methyl sites for hydroxylation is 2. The first-order valence-corrected chi connectivity index (χ1v) is 11.2. The van der Waals surface area contributed by atoms with Gasteiger partial charge >= 0.3 is 0 Å². The highest BCUT2D eigenvalue weighted by Crippen LogP contribution is 2.38. The average molecular weight is 505 g/mol. The van der Waals surface area contributed by atoms with Crippen LogP contribution in [0.1, 0.15) is 27.8 Å². The first-order valence-electron chi connectivity index (χ1n) is 10.4. The van der Waals surface area contributed by atoms with Gasteiger partial charge in [-0.2, -0.15) is 5.26 Å². The number of halogens is 1. The van der Waals surface area contributed by atoms with Crippen LogP contribution < -0.4 is 14.8 Å². The average Bonchev–Trinajstić information content (AvgIpc) is 2.79. The lowest BCUT2D eigenvalue weighted by atomic mass is 10.1. The van der Waals surface area contributed by atoms with Crippen LogP contribution in [0.25, 0.3) is 6.08 Å². The highest BCUT2D eigenvalue weighted by Gasteiger charge is 2.15. The molecule has 0 aliphatic carbocycles. The molecule has 1 amide bonds. The van der Waals surface area contributed by atoms with Gasteiger partial charge in [-0.05, 0) is 83.2 Å². The van der Waals surface area contributed by atoms with Crippen molar-refractivity contribution in [3.05, 3.63) is 92.5 Å². The maximum absolute atomic E-state index is 12.7. The summed E-state index contributed by atoms with van der Waals surface area (Å²) in [5.74, 6) is 0.575. The number of carbonyl (C=O) groups is 1. The number of nitriles is 1. The fourth-order valence-corrected chi connectivity index (χ4v) is 3.89. The molecule has 0 aromatic heterocycles. The number of carbonyl (C=O) groups excluding carboxylic acids is 1. The van der Waals surface area contributed by atoms with E-state index < -0.39 is 5.91 Å². The SMILES string of the molecule is COc1cc(/C=C(\C#N)C(=O)Nc2cccc(C)c2C)cc(Br)c1OCc1cccc(C)c1. The van der Waals surface area contributed by atoms with E-state index in [1.54, 1.807) is 19.2 Å². The minimum Gasteiger partial charge on any atom is -0.493 e. The lowest BCUT2D eigenvalue weighted by molar-refractivity contribution is -0.112. The van der Waals surface area contributed by atoms with Crippen molar-refractivity contribution in [1.82, 2.24) is 0 Å². The number of nitrogens with one attached hydrogen (secondary N) is 1. The van der Waals surface area contributed by atoms with Crippen LogP contribution >= 0.6 is 15.9 Å². The molecule has 0 saturated carbocycles. The Morgan fingerprint density at radius 2 is 1.88 bits per heavy atom. The van der Waals surface area contributed by atoms with E-state index in [0.29, 0.717) is 33.8 Å². The molecule has 3 rings (SSSR count). The van der Waals surface area contributed by atoms with E-state index in [1.807, 2.05) is 63.2 Å². The lowest BCUT2D eigenvalue weighted by Gasteiger charge is -2.14. The van der Waals surface area contributed by atoms with Gasteiger partial charge in [-0.15, -0.1) is 0 Å². The van der Waals surface area contributed by atoms with Crippen molar-refractivity contribution < 1.29 is 14.3 Å². The third-order valence-corrected chi connectivity index (χ3v) is 5.84. The van der Waals surface area contributed by atoms with Gasteiger partial charge in [0.05, 0.1) is 11.6 Å². The number of hydrogen-bond donors (Lipinski definition) is 1. The molecule has 0 bridgehead atoms. The van der Waals surface area contributed by atoms with E-state index in [0.717, 1.165) is 22.3 Å². The zero-order chi connectivity index (χ0) is 24.0. The first kappa shape index (κ1) is 24.1. The molecule has 0 aliphatic heterocycles. The van der Waals surface area contributed by atoms with Crippen LogP contribution in [0.2, 0.25) is 0 Å². The molecule has 33 heavy (non-hydrogen) atoms. The topological polar surface area (TPSA) is 71.3 Å². The molecule has 0 saturated heterocycles. The molecule has 0 radical (unpaired) electrons. The van der Waals surface area contributed by atoms with Crippen LogP contribution in [-0.2, 0) is 11.4 Å². The van der Waals surface area contributed by atoms with E-state index in [2.05, 4.69) is 27.3 Å². The fraction of sp³-hybridized carbons (Fsp3) is 0.185. The van der Waals surface area contributed by atoms with Gasteiger partial charge < -0.3 is 14.8 Å². The van der Waals surface area contributed by atoms with Gasteiger partial charge in [0.2, 0.25) is 0 Å². The third kappa shape index (κ3) is 6.03. The summed E-state index contributed by atoms with van der Waals surface area (Å²) in [6.45, 7) is 6.31. The maximum Gasteiger partial charge on any atom is 0.266 e. The number of amides is 1. The summed E-state index contributed by atoms with van der Waals surface area (Å²) in [5, 5.41) is 12.4. The molecule has 1 N–H and O–H groups in total. The van der Waals surface area contributed by atoms with Crippen molar-refractivity contribution in [3.63, 3.8) is 0 Å². The highest BCUT2D eigenvalue weighted by atomic mass is 79.9. The Morgan fingerprint density at radius 3 is 2.58 bits per heavy atom. The zero-order valence-electron chi connectivity index (χ0n) is 19.0. The van der Waals surface area contributed by atoms with Gasteiger partial charge in [-0.25, -0.2) is 0 Å². The number of hydrogen-bond acceptors (Lipinski definition) is 4. The maximum atomic E-state index is 12.7. The third-order valence-electron chi connectivity index (χ3n) is 5.25. The monoisotopic (exact) mass is 504 g/mol. The van der Waals surface area contributed by atoms with Gasteiger partial charge in [0.25, 0.3) is 5.91 Å². The number of benzene rings is 3. The van der Waals surface area contributed by atoms with Crippen LogP contribution in [0.15, 0.2) is 64.6 Å². The largest absolute Gasteiger partial charge is 0.493 e. The summed E-state index contributed by atoms with van der Waals surface area (Å²) in [6.07, 6.45) is 1.53. The summed E-state index contributed by atoms with van der Waals surface area (Å²) >= 11 is 3.53. The quantitative estimate of drug-likeness (QED) is 0.294. The zero-order valence-corrected chi connectivity index (χ0v) is 20.6. The number of ether oxygens (including phenoxy) is 2. The van der Waals surface area contributed by atoms with Crippen molar-refractivity contribution in [1.29, 1.82) is 5.26 Å². The Kier molecular flexibility index (Phi) is 7.92. The second-order valence-electron chi connectivity index (χ2n) is 7.68. The van der Waals surface area contributed by atoms with Crippen molar-refractivity contribution in [2.24, 2.45) is 0 Å². The molecule has 6 heteroatoms. The molecule has 5 nitrogen and oxygen atoms in total. The van der Waals surface area contributed by atoms with Gasteiger partial charge in [-0.1, -0.05) is 42.0 Å². The van der Waals surface area contributed by atoms with E-state index in [4.69, 9.17) is 9.47 Å². The van der Waals surface area contributed by atoms with Crippen molar-refractivity contribution >= 4 is 33.6 Å². The van der Waals surface area contributed by atoms with Crippen LogP contribution in [0, 0.1) is 32.1 Å². The lowest BCUT2D eigenvalue weighted by Crippen LogP contribution is -2.14. The fourth-order valence-electron chi connectivity index (χ4n) is 3.31.